The Bertz CT molecular complexity index is 1180. The molecule has 0 radical (unpaired) electrons. The van der Waals surface area contributed by atoms with Gasteiger partial charge in [-0.05, 0) is 53.9 Å². The summed E-state index contributed by atoms with van der Waals surface area (Å²) in [5.41, 5.74) is -0.463. The number of rotatable bonds is 3. The van der Waals surface area contributed by atoms with Crippen molar-refractivity contribution in [2.45, 2.75) is 18.3 Å². The Morgan fingerprint density at radius 3 is 2.34 bits per heavy atom. The van der Waals surface area contributed by atoms with Crippen LogP contribution in [0.25, 0.3) is 0 Å². The Morgan fingerprint density at radius 2 is 1.69 bits per heavy atom. The van der Waals surface area contributed by atoms with Gasteiger partial charge < -0.3 is 0 Å². The lowest BCUT2D eigenvalue weighted by molar-refractivity contribution is -0.137. The predicted octanol–water partition coefficient (Wildman–Crippen LogP) is 5.47. The van der Waals surface area contributed by atoms with E-state index in [-0.39, 0.29) is 5.69 Å². The molecule has 2 amide bonds. The van der Waals surface area contributed by atoms with E-state index in [4.69, 9.17) is 16.4 Å². The summed E-state index contributed by atoms with van der Waals surface area (Å²) < 4.78 is 39.5. The minimum Gasteiger partial charge on any atom is -0.273 e. The van der Waals surface area contributed by atoms with Crippen LogP contribution in [0.2, 0.25) is 5.02 Å². The van der Waals surface area contributed by atoms with E-state index >= 15 is 0 Å². The maximum Gasteiger partial charge on any atom is 0.416 e. The molecule has 164 valence electrons. The van der Waals surface area contributed by atoms with E-state index in [0.29, 0.717) is 10.7 Å². The topological polar surface area (TPSA) is 49.9 Å². The third kappa shape index (κ3) is 3.37. The number of hydrogen-bond acceptors (Lipinski definition) is 5. The average Bonchev–Trinajstić information content (AvgIpc) is 3.46. The van der Waals surface area contributed by atoms with Crippen molar-refractivity contribution >= 4 is 46.1 Å². The van der Waals surface area contributed by atoms with Crippen LogP contribution in [0, 0.1) is 5.92 Å². The molecule has 5 nitrogen and oxygen atoms in total. The van der Waals surface area contributed by atoms with Crippen molar-refractivity contribution in [2.24, 2.45) is 5.92 Å². The van der Waals surface area contributed by atoms with Crippen molar-refractivity contribution < 1.29 is 27.6 Å². The first-order valence-electron chi connectivity index (χ1n) is 9.56. The lowest BCUT2D eigenvalue weighted by Gasteiger charge is -2.28. The number of benzene rings is 2. The zero-order chi connectivity index (χ0) is 22.6. The Morgan fingerprint density at radius 1 is 0.938 bits per heavy atom. The van der Waals surface area contributed by atoms with Gasteiger partial charge in [-0.3, -0.25) is 14.4 Å². The van der Waals surface area contributed by atoms with E-state index < -0.39 is 41.6 Å². The number of halogens is 4. The number of nitrogens with zero attached hydrogens (tertiary/aromatic N) is 2. The minimum absolute atomic E-state index is 0.129. The van der Waals surface area contributed by atoms with Gasteiger partial charge in [-0.1, -0.05) is 23.7 Å². The monoisotopic (exact) mass is 478 g/mol. The molecule has 0 aliphatic carbocycles. The highest BCUT2D eigenvalue weighted by molar-refractivity contribution is 7.10. The van der Waals surface area contributed by atoms with E-state index in [2.05, 4.69) is 0 Å². The van der Waals surface area contributed by atoms with E-state index in [1.54, 1.807) is 24.3 Å². The van der Waals surface area contributed by atoms with Crippen LogP contribution in [0.15, 0.2) is 66.0 Å². The second-order valence-electron chi connectivity index (χ2n) is 7.37. The van der Waals surface area contributed by atoms with Crippen LogP contribution < -0.4 is 9.96 Å². The highest BCUT2D eigenvalue weighted by atomic mass is 35.5. The molecular formula is C22H14ClF3N2O3S. The molecule has 2 fully saturated rings. The van der Waals surface area contributed by atoms with E-state index in [1.807, 2.05) is 17.5 Å². The number of imide groups is 1. The van der Waals surface area contributed by atoms with Crippen LogP contribution >= 0.6 is 22.9 Å². The highest BCUT2D eigenvalue weighted by Gasteiger charge is 2.60. The van der Waals surface area contributed by atoms with Gasteiger partial charge in [0.15, 0.2) is 6.10 Å². The molecule has 2 aliphatic heterocycles. The summed E-state index contributed by atoms with van der Waals surface area (Å²) in [5.74, 6) is -2.21. The fraction of sp³-hybridized carbons (Fsp3) is 0.182. The molecule has 3 atom stereocenters. The quantitative estimate of drug-likeness (QED) is 0.468. The summed E-state index contributed by atoms with van der Waals surface area (Å²) in [5, 5.41) is 3.87. The molecule has 2 aromatic carbocycles. The van der Waals surface area contributed by atoms with Crippen LogP contribution in [0.4, 0.5) is 24.5 Å². The first kappa shape index (κ1) is 21.0. The fourth-order valence-corrected chi connectivity index (χ4v) is 5.03. The highest BCUT2D eigenvalue weighted by Crippen LogP contribution is 2.49. The van der Waals surface area contributed by atoms with Gasteiger partial charge in [0.25, 0.3) is 5.91 Å². The molecule has 3 heterocycles. The summed E-state index contributed by atoms with van der Waals surface area (Å²) in [6.07, 6.45) is -5.75. The first-order chi connectivity index (χ1) is 15.3. The fourth-order valence-electron chi connectivity index (χ4n) is 4.05. The molecule has 0 N–H and O–H groups in total. The molecule has 5 rings (SSSR count). The largest absolute Gasteiger partial charge is 0.416 e. The van der Waals surface area contributed by atoms with E-state index in [1.165, 1.54) is 28.5 Å². The summed E-state index contributed by atoms with van der Waals surface area (Å²) in [7, 11) is 0. The Labute approximate surface area is 189 Å². The van der Waals surface area contributed by atoms with Gasteiger partial charge >= 0.3 is 6.18 Å². The molecule has 0 bridgehead atoms. The number of carbonyl (C=O) groups is 2. The maximum atomic E-state index is 13.4. The SMILES string of the molecule is O=C1[C@@H]2[C@H](ON(c3ccc(Cl)cc3)[C@H]2c2cccs2)C(=O)N1c1cccc(C(F)(F)F)c1. The Kier molecular flexibility index (Phi) is 4.99. The number of fused-ring (bicyclic) bond motifs is 1. The van der Waals surface area contributed by atoms with Crippen molar-refractivity contribution in [1.29, 1.82) is 0 Å². The summed E-state index contributed by atoms with van der Waals surface area (Å²) in [4.78, 5) is 34.1. The lowest BCUT2D eigenvalue weighted by Crippen LogP contribution is -2.37. The van der Waals surface area contributed by atoms with Gasteiger partial charge in [-0.25, -0.2) is 9.96 Å². The van der Waals surface area contributed by atoms with Gasteiger partial charge in [0.05, 0.1) is 16.9 Å². The van der Waals surface area contributed by atoms with Gasteiger partial charge in [0.2, 0.25) is 5.91 Å². The summed E-state index contributed by atoms with van der Waals surface area (Å²) in [6, 6.07) is 14.0. The van der Waals surface area contributed by atoms with Crippen molar-refractivity contribution in [2.75, 3.05) is 9.96 Å². The molecule has 2 aliphatic rings. The zero-order valence-corrected chi connectivity index (χ0v) is 17.7. The van der Waals surface area contributed by atoms with Gasteiger partial charge in [0.1, 0.15) is 12.0 Å². The first-order valence-corrected chi connectivity index (χ1v) is 10.8. The summed E-state index contributed by atoms with van der Waals surface area (Å²) in [6.45, 7) is 0. The molecule has 3 aromatic rings. The predicted molar refractivity (Wildman–Crippen MR) is 113 cm³/mol. The zero-order valence-electron chi connectivity index (χ0n) is 16.1. The number of anilines is 2. The Hall–Kier alpha value is -2.88. The molecule has 1 aromatic heterocycles. The molecular weight excluding hydrogens is 465 g/mol. The van der Waals surface area contributed by atoms with E-state index in [9.17, 15) is 22.8 Å². The van der Waals surface area contributed by atoms with Crippen molar-refractivity contribution in [3.63, 3.8) is 0 Å². The maximum absolute atomic E-state index is 13.4. The normalized spacial score (nSPS) is 23.2. The smallest absolute Gasteiger partial charge is 0.273 e. The summed E-state index contributed by atoms with van der Waals surface area (Å²) >= 11 is 7.37. The molecule has 2 saturated heterocycles. The molecule has 10 heteroatoms. The number of amides is 2. The number of hydrogen-bond donors (Lipinski definition) is 0. The molecule has 0 spiro atoms. The van der Waals surface area contributed by atoms with Crippen molar-refractivity contribution in [3.8, 4) is 0 Å². The third-order valence-electron chi connectivity index (χ3n) is 5.46. The van der Waals surface area contributed by atoms with Crippen molar-refractivity contribution in [3.05, 3.63) is 81.5 Å². The Balaban J connectivity index is 1.54. The molecule has 0 unspecified atom stereocenters. The third-order valence-corrected chi connectivity index (χ3v) is 6.66. The van der Waals surface area contributed by atoms with Crippen LogP contribution in [-0.4, -0.2) is 17.9 Å². The average molecular weight is 479 g/mol. The van der Waals surface area contributed by atoms with Crippen LogP contribution in [0.1, 0.15) is 16.5 Å². The van der Waals surface area contributed by atoms with Crippen LogP contribution in [0.3, 0.4) is 0 Å². The lowest BCUT2D eigenvalue weighted by atomic mass is 9.95. The second-order valence-corrected chi connectivity index (χ2v) is 8.79. The minimum atomic E-state index is -4.60. The number of hydroxylamine groups is 1. The number of alkyl halides is 3. The van der Waals surface area contributed by atoms with Gasteiger partial charge in [-0.2, -0.15) is 13.2 Å². The van der Waals surface area contributed by atoms with Crippen LogP contribution in [0.5, 0.6) is 0 Å². The number of carbonyl (C=O) groups excluding carboxylic acids is 2. The standard InChI is InChI=1S/C22H14ClF3N2O3S/c23-13-6-8-14(9-7-13)28-18(16-5-2-10-32-16)17-19(31-28)21(30)27(20(17)29)15-4-1-3-12(11-15)22(24,25)26/h1-11,17-19H/t17-,18-,19-/m0/s1. The van der Waals surface area contributed by atoms with Gasteiger partial charge in [-0.15, -0.1) is 11.3 Å². The number of thiophene rings is 1. The van der Waals surface area contributed by atoms with Crippen LogP contribution in [-0.2, 0) is 20.6 Å². The molecule has 32 heavy (non-hydrogen) atoms. The second kappa shape index (κ2) is 7.61. The van der Waals surface area contributed by atoms with Gasteiger partial charge in [0, 0.05) is 9.90 Å². The van der Waals surface area contributed by atoms with E-state index in [0.717, 1.165) is 21.9 Å². The van der Waals surface area contributed by atoms with Crippen molar-refractivity contribution in [1.82, 2.24) is 0 Å². The molecule has 0 saturated carbocycles.